The molecule has 0 amide bonds. The Balaban J connectivity index is 2.15. The number of nitrogens with zero attached hydrogens (tertiary/aromatic N) is 2. The third-order valence-corrected chi connectivity index (χ3v) is 4.38. The van der Waals surface area contributed by atoms with Crippen molar-refractivity contribution in [2.24, 2.45) is 5.92 Å². The van der Waals surface area contributed by atoms with E-state index in [0.29, 0.717) is 12.0 Å². The Labute approximate surface area is 121 Å². The lowest BCUT2D eigenvalue weighted by Crippen LogP contribution is -2.43. The minimum absolute atomic E-state index is 0.512. The zero-order valence-electron chi connectivity index (χ0n) is 12.1. The number of hydrogen-bond acceptors (Lipinski definition) is 3. The Hall–Kier alpha value is -0.800. The molecule has 2 unspecified atom stereocenters. The highest BCUT2D eigenvalue weighted by atomic mass is 35.5. The van der Waals surface area contributed by atoms with Crippen LogP contribution in [0.1, 0.15) is 39.2 Å². The van der Waals surface area contributed by atoms with E-state index in [0.717, 1.165) is 36.0 Å². The lowest BCUT2D eigenvalue weighted by Gasteiger charge is -2.39. The van der Waals surface area contributed by atoms with Crippen LogP contribution in [0.5, 0.6) is 0 Å². The predicted molar refractivity (Wildman–Crippen MR) is 81.8 cm³/mol. The molecule has 0 aromatic carbocycles. The molecule has 106 valence electrons. The average Bonchev–Trinajstić information content (AvgIpc) is 2.40. The second kappa shape index (κ2) is 6.58. The van der Waals surface area contributed by atoms with E-state index in [2.05, 4.69) is 36.0 Å². The van der Waals surface area contributed by atoms with Crippen molar-refractivity contribution in [3.05, 3.63) is 22.8 Å². The summed E-state index contributed by atoms with van der Waals surface area (Å²) < 4.78 is 0. The standard InChI is InChI=1S/C15H24ClN3/c1-4-17-9-13-8-14(16)15(18-10-13)19-7-5-6-11(2)12(19)3/h8,10-12,17H,4-7,9H2,1-3H3. The van der Waals surface area contributed by atoms with Crippen molar-refractivity contribution in [2.75, 3.05) is 18.0 Å². The SMILES string of the molecule is CCNCc1cnc(N2CCCC(C)C2C)c(Cl)c1. The van der Waals surface area contributed by atoms with E-state index in [1.807, 2.05) is 12.3 Å². The molecular weight excluding hydrogens is 258 g/mol. The topological polar surface area (TPSA) is 28.2 Å². The van der Waals surface area contributed by atoms with Gasteiger partial charge in [-0.3, -0.25) is 0 Å². The maximum absolute atomic E-state index is 6.42. The van der Waals surface area contributed by atoms with Crippen LogP contribution in [0.2, 0.25) is 5.02 Å². The van der Waals surface area contributed by atoms with E-state index in [1.54, 1.807) is 0 Å². The van der Waals surface area contributed by atoms with Gasteiger partial charge in [0.1, 0.15) is 5.82 Å². The van der Waals surface area contributed by atoms with Crippen LogP contribution in [-0.4, -0.2) is 24.1 Å². The van der Waals surface area contributed by atoms with Crippen LogP contribution < -0.4 is 10.2 Å². The van der Waals surface area contributed by atoms with Gasteiger partial charge in [-0.2, -0.15) is 0 Å². The van der Waals surface area contributed by atoms with E-state index in [-0.39, 0.29) is 0 Å². The molecule has 19 heavy (non-hydrogen) atoms. The maximum atomic E-state index is 6.42. The normalized spacial score (nSPS) is 23.7. The van der Waals surface area contributed by atoms with E-state index in [4.69, 9.17) is 11.6 Å². The molecule has 1 aliphatic heterocycles. The van der Waals surface area contributed by atoms with Gasteiger partial charge < -0.3 is 10.2 Å². The lowest BCUT2D eigenvalue weighted by molar-refractivity contribution is 0.361. The Morgan fingerprint density at radius 2 is 2.26 bits per heavy atom. The summed E-state index contributed by atoms with van der Waals surface area (Å²) in [5, 5.41) is 4.07. The van der Waals surface area contributed by atoms with Gasteiger partial charge in [-0.25, -0.2) is 4.98 Å². The van der Waals surface area contributed by atoms with Crippen LogP contribution in [0.3, 0.4) is 0 Å². The van der Waals surface area contributed by atoms with Crippen molar-refractivity contribution in [1.82, 2.24) is 10.3 Å². The number of anilines is 1. The Morgan fingerprint density at radius 3 is 2.95 bits per heavy atom. The van der Waals surface area contributed by atoms with Gasteiger partial charge in [-0.05, 0) is 43.9 Å². The molecule has 1 fully saturated rings. The number of hydrogen-bond donors (Lipinski definition) is 1. The monoisotopic (exact) mass is 281 g/mol. The first-order valence-corrected chi connectivity index (χ1v) is 7.63. The molecule has 3 nitrogen and oxygen atoms in total. The summed E-state index contributed by atoms with van der Waals surface area (Å²) in [5.74, 6) is 1.65. The van der Waals surface area contributed by atoms with Crippen LogP contribution in [0, 0.1) is 5.92 Å². The first kappa shape index (κ1) is 14.6. The van der Waals surface area contributed by atoms with E-state index in [9.17, 15) is 0 Å². The molecule has 0 aliphatic carbocycles. The molecule has 0 radical (unpaired) electrons. The highest BCUT2D eigenvalue weighted by molar-refractivity contribution is 6.33. The number of aromatic nitrogens is 1. The summed E-state index contributed by atoms with van der Waals surface area (Å²) >= 11 is 6.42. The largest absolute Gasteiger partial charge is 0.352 e. The fourth-order valence-corrected chi connectivity index (χ4v) is 2.98. The van der Waals surface area contributed by atoms with Gasteiger partial charge in [0.2, 0.25) is 0 Å². The molecule has 1 saturated heterocycles. The van der Waals surface area contributed by atoms with Gasteiger partial charge in [-0.15, -0.1) is 0 Å². The van der Waals surface area contributed by atoms with Gasteiger partial charge in [0.25, 0.3) is 0 Å². The van der Waals surface area contributed by atoms with Crippen LogP contribution >= 0.6 is 11.6 Å². The second-order valence-electron chi connectivity index (χ2n) is 5.48. The number of pyridine rings is 1. The molecule has 2 heterocycles. The first-order valence-electron chi connectivity index (χ1n) is 7.25. The zero-order chi connectivity index (χ0) is 13.8. The first-order chi connectivity index (χ1) is 9.13. The number of halogens is 1. The Morgan fingerprint density at radius 1 is 1.47 bits per heavy atom. The molecule has 2 rings (SSSR count). The van der Waals surface area contributed by atoms with Gasteiger partial charge in [0.15, 0.2) is 0 Å². The highest BCUT2D eigenvalue weighted by Gasteiger charge is 2.26. The van der Waals surface area contributed by atoms with Crippen molar-refractivity contribution in [2.45, 2.75) is 46.2 Å². The molecule has 1 aliphatic rings. The average molecular weight is 282 g/mol. The van der Waals surface area contributed by atoms with Crippen LogP contribution in [-0.2, 0) is 6.54 Å². The minimum Gasteiger partial charge on any atom is -0.352 e. The third kappa shape index (κ3) is 3.40. The smallest absolute Gasteiger partial charge is 0.147 e. The van der Waals surface area contributed by atoms with Gasteiger partial charge in [0.05, 0.1) is 5.02 Å². The van der Waals surface area contributed by atoms with E-state index < -0.39 is 0 Å². The van der Waals surface area contributed by atoms with E-state index in [1.165, 1.54) is 12.8 Å². The summed E-state index contributed by atoms with van der Waals surface area (Å²) in [6.45, 7) is 9.53. The molecule has 4 heteroatoms. The summed E-state index contributed by atoms with van der Waals surface area (Å²) in [4.78, 5) is 6.95. The molecule has 1 N–H and O–H groups in total. The fourth-order valence-electron chi connectivity index (χ4n) is 2.68. The van der Waals surface area contributed by atoms with Crippen LogP contribution in [0.25, 0.3) is 0 Å². The molecule has 0 spiro atoms. The van der Waals surface area contributed by atoms with Crippen LogP contribution in [0.15, 0.2) is 12.3 Å². The summed E-state index contributed by atoms with van der Waals surface area (Å²) in [6, 6.07) is 2.55. The molecular formula is C15H24ClN3. The zero-order valence-corrected chi connectivity index (χ0v) is 12.9. The minimum atomic E-state index is 0.512. The summed E-state index contributed by atoms with van der Waals surface area (Å²) in [7, 11) is 0. The molecule has 2 atom stereocenters. The predicted octanol–water partition coefficient (Wildman–Crippen LogP) is 3.47. The second-order valence-corrected chi connectivity index (χ2v) is 5.89. The highest BCUT2D eigenvalue weighted by Crippen LogP contribution is 2.31. The number of nitrogens with one attached hydrogen (secondary N) is 1. The van der Waals surface area contributed by atoms with Gasteiger partial charge in [0, 0.05) is 25.3 Å². The fraction of sp³-hybridized carbons (Fsp3) is 0.667. The quantitative estimate of drug-likeness (QED) is 0.916. The van der Waals surface area contributed by atoms with Crippen molar-refractivity contribution in [3.8, 4) is 0 Å². The maximum Gasteiger partial charge on any atom is 0.147 e. The van der Waals surface area contributed by atoms with E-state index >= 15 is 0 Å². The Kier molecular flexibility index (Phi) is 5.06. The molecule has 1 aromatic heterocycles. The van der Waals surface area contributed by atoms with Crippen molar-refractivity contribution in [1.29, 1.82) is 0 Å². The van der Waals surface area contributed by atoms with Crippen molar-refractivity contribution in [3.63, 3.8) is 0 Å². The molecule has 1 aromatic rings. The summed E-state index contributed by atoms with van der Waals surface area (Å²) in [6.07, 6.45) is 4.46. The van der Waals surface area contributed by atoms with Crippen molar-refractivity contribution >= 4 is 17.4 Å². The van der Waals surface area contributed by atoms with Gasteiger partial charge in [-0.1, -0.05) is 25.4 Å². The molecule has 0 bridgehead atoms. The summed E-state index contributed by atoms with van der Waals surface area (Å²) in [5.41, 5.74) is 1.15. The number of rotatable bonds is 4. The van der Waals surface area contributed by atoms with Gasteiger partial charge >= 0.3 is 0 Å². The third-order valence-electron chi connectivity index (χ3n) is 4.10. The van der Waals surface area contributed by atoms with Crippen LogP contribution in [0.4, 0.5) is 5.82 Å². The molecule has 0 saturated carbocycles. The number of piperidine rings is 1. The van der Waals surface area contributed by atoms with Crippen molar-refractivity contribution < 1.29 is 0 Å². The Bertz CT molecular complexity index is 422. The lowest BCUT2D eigenvalue weighted by atomic mass is 9.92.